The highest BCUT2D eigenvalue weighted by Crippen LogP contribution is 2.29. The van der Waals surface area contributed by atoms with Gasteiger partial charge < -0.3 is 9.47 Å². The number of ether oxygens (including phenoxy) is 2. The van der Waals surface area contributed by atoms with E-state index >= 15 is 0 Å². The van der Waals surface area contributed by atoms with Gasteiger partial charge in [-0.05, 0) is 39.0 Å². The van der Waals surface area contributed by atoms with Crippen LogP contribution in [0, 0.1) is 6.92 Å². The van der Waals surface area contributed by atoms with Crippen molar-refractivity contribution < 1.29 is 19.1 Å². The standard InChI is InChI=1S/C16H16Cl2N2O4S/c1-4-23-15(22)13-8(2)19-16(25-13)20-14(21)9(3)24-12-6-5-10(17)7-11(12)18/h5-7,9H,4H2,1-3H3,(H,19,20,21)/t9-/m1/s1. The molecule has 0 aliphatic heterocycles. The topological polar surface area (TPSA) is 77.5 Å². The predicted molar refractivity (Wildman–Crippen MR) is 98.0 cm³/mol. The van der Waals surface area contributed by atoms with Crippen LogP contribution in [0.1, 0.15) is 29.2 Å². The summed E-state index contributed by atoms with van der Waals surface area (Å²) in [6, 6.07) is 4.73. The maximum Gasteiger partial charge on any atom is 0.350 e. The van der Waals surface area contributed by atoms with Crippen LogP contribution in [0.3, 0.4) is 0 Å². The minimum Gasteiger partial charge on any atom is -0.479 e. The summed E-state index contributed by atoms with van der Waals surface area (Å²) in [7, 11) is 0. The van der Waals surface area contributed by atoms with Gasteiger partial charge in [-0.1, -0.05) is 34.5 Å². The summed E-state index contributed by atoms with van der Waals surface area (Å²) < 4.78 is 10.5. The molecule has 0 radical (unpaired) electrons. The number of aromatic nitrogens is 1. The second-order valence-electron chi connectivity index (χ2n) is 4.98. The highest BCUT2D eigenvalue weighted by Gasteiger charge is 2.21. The maximum atomic E-state index is 12.3. The van der Waals surface area contributed by atoms with Crippen LogP contribution in [0.2, 0.25) is 10.0 Å². The molecule has 2 rings (SSSR count). The summed E-state index contributed by atoms with van der Waals surface area (Å²) in [5.74, 6) is -0.540. The fourth-order valence-corrected chi connectivity index (χ4v) is 3.17. The number of carbonyl (C=O) groups is 2. The molecule has 25 heavy (non-hydrogen) atoms. The van der Waals surface area contributed by atoms with Crippen molar-refractivity contribution in [1.82, 2.24) is 4.98 Å². The third-order valence-electron chi connectivity index (χ3n) is 3.05. The molecular weight excluding hydrogens is 387 g/mol. The summed E-state index contributed by atoms with van der Waals surface area (Å²) >= 11 is 12.9. The van der Waals surface area contributed by atoms with E-state index in [1.165, 1.54) is 6.07 Å². The minimum absolute atomic E-state index is 0.268. The molecule has 1 aromatic carbocycles. The zero-order chi connectivity index (χ0) is 18.6. The Morgan fingerprint density at radius 3 is 2.72 bits per heavy atom. The van der Waals surface area contributed by atoms with Crippen LogP contribution >= 0.6 is 34.5 Å². The molecule has 134 valence electrons. The molecule has 1 atom stereocenters. The Hall–Kier alpha value is -1.83. The van der Waals surface area contributed by atoms with Gasteiger partial charge in [0.05, 0.1) is 17.3 Å². The largest absolute Gasteiger partial charge is 0.479 e. The van der Waals surface area contributed by atoms with E-state index in [1.807, 2.05) is 0 Å². The van der Waals surface area contributed by atoms with Crippen LogP contribution in [-0.4, -0.2) is 29.6 Å². The summed E-state index contributed by atoms with van der Waals surface area (Å²) in [6.07, 6.45) is -0.825. The normalized spacial score (nSPS) is 11.7. The third kappa shape index (κ3) is 5.07. The van der Waals surface area contributed by atoms with Crippen LogP contribution in [0.5, 0.6) is 5.75 Å². The molecule has 0 spiro atoms. The zero-order valence-electron chi connectivity index (χ0n) is 13.8. The Labute approximate surface area is 159 Å². The van der Waals surface area contributed by atoms with Crippen LogP contribution in [0.15, 0.2) is 18.2 Å². The van der Waals surface area contributed by atoms with E-state index in [0.29, 0.717) is 31.5 Å². The van der Waals surface area contributed by atoms with Crippen molar-refractivity contribution >= 4 is 51.5 Å². The number of aryl methyl sites for hydroxylation is 1. The Bertz CT molecular complexity index is 794. The molecule has 9 heteroatoms. The fraction of sp³-hybridized carbons (Fsp3) is 0.312. The van der Waals surface area contributed by atoms with Gasteiger partial charge in [0.2, 0.25) is 0 Å². The van der Waals surface area contributed by atoms with Gasteiger partial charge in [-0.25, -0.2) is 9.78 Å². The number of hydrogen-bond donors (Lipinski definition) is 1. The van der Waals surface area contributed by atoms with Gasteiger partial charge in [-0.15, -0.1) is 0 Å². The van der Waals surface area contributed by atoms with E-state index in [1.54, 1.807) is 32.9 Å². The highest BCUT2D eigenvalue weighted by molar-refractivity contribution is 7.17. The van der Waals surface area contributed by atoms with E-state index in [9.17, 15) is 9.59 Å². The smallest absolute Gasteiger partial charge is 0.350 e. The average molecular weight is 403 g/mol. The Kier molecular flexibility index (Phi) is 6.64. The molecule has 1 heterocycles. The lowest BCUT2D eigenvalue weighted by Gasteiger charge is -2.14. The zero-order valence-corrected chi connectivity index (χ0v) is 16.1. The molecule has 1 aromatic heterocycles. The lowest BCUT2D eigenvalue weighted by Crippen LogP contribution is -2.30. The van der Waals surface area contributed by atoms with Gasteiger partial charge >= 0.3 is 5.97 Å². The molecule has 0 unspecified atom stereocenters. The third-order valence-corrected chi connectivity index (χ3v) is 4.64. The van der Waals surface area contributed by atoms with Crippen LogP contribution in [0.25, 0.3) is 0 Å². The van der Waals surface area contributed by atoms with Crippen molar-refractivity contribution in [2.45, 2.75) is 26.9 Å². The summed E-state index contributed by atoms with van der Waals surface area (Å²) in [6.45, 7) is 5.24. The van der Waals surface area contributed by atoms with E-state index in [0.717, 1.165) is 11.3 Å². The lowest BCUT2D eigenvalue weighted by molar-refractivity contribution is -0.122. The molecule has 0 saturated heterocycles. The number of halogens is 2. The van der Waals surface area contributed by atoms with Gasteiger partial charge in [-0.3, -0.25) is 10.1 Å². The first-order valence-corrected chi connectivity index (χ1v) is 8.96. The number of thiazole rings is 1. The van der Waals surface area contributed by atoms with E-state index in [-0.39, 0.29) is 6.61 Å². The van der Waals surface area contributed by atoms with Gasteiger partial charge in [0.15, 0.2) is 11.2 Å². The first kappa shape index (κ1) is 19.5. The monoisotopic (exact) mass is 402 g/mol. The average Bonchev–Trinajstić information content (AvgIpc) is 2.90. The second-order valence-corrected chi connectivity index (χ2v) is 6.82. The fourth-order valence-electron chi connectivity index (χ4n) is 1.86. The molecule has 0 saturated carbocycles. The molecule has 0 aliphatic carbocycles. The molecule has 0 aliphatic rings. The first-order valence-electron chi connectivity index (χ1n) is 7.39. The number of anilines is 1. The molecule has 0 fully saturated rings. The number of nitrogens with zero attached hydrogens (tertiary/aromatic N) is 1. The van der Waals surface area contributed by atoms with E-state index in [4.69, 9.17) is 32.7 Å². The lowest BCUT2D eigenvalue weighted by atomic mass is 10.3. The second kappa shape index (κ2) is 8.51. The predicted octanol–water partition coefficient (Wildman–Crippen LogP) is 4.34. The molecule has 0 bridgehead atoms. The highest BCUT2D eigenvalue weighted by atomic mass is 35.5. The number of carbonyl (C=O) groups excluding carboxylic acids is 2. The number of amides is 1. The van der Waals surface area contributed by atoms with Crippen molar-refractivity contribution in [3.63, 3.8) is 0 Å². The maximum absolute atomic E-state index is 12.3. The van der Waals surface area contributed by atoms with Crippen molar-refractivity contribution in [2.24, 2.45) is 0 Å². The Morgan fingerprint density at radius 1 is 1.36 bits per heavy atom. The molecule has 1 N–H and O–H groups in total. The van der Waals surface area contributed by atoms with Gasteiger partial charge in [0.25, 0.3) is 5.91 Å². The molecule has 6 nitrogen and oxygen atoms in total. The van der Waals surface area contributed by atoms with E-state index in [2.05, 4.69) is 10.3 Å². The van der Waals surface area contributed by atoms with Gasteiger partial charge in [-0.2, -0.15) is 0 Å². The first-order chi connectivity index (χ1) is 11.8. The van der Waals surface area contributed by atoms with Gasteiger partial charge in [0, 0.05) is 5.02 Å². The Morgan fingerprint density at radius 2 is 2.08 bits per heavy atom. The van der Waals surface area contributed by atoms with Crippen molar-refractivity contribution in [1.29, 1.82) is 0 Å². The number of esters is 1. The summed E-state index contributed by atoms with van der Waals surface area (Å²) in [5.41, 5.74) is 0.494. The SMILES string of the molecule is CCOC(=O)c1sc(NC(=O)[C@@H](C)Oc2ccc(Cl)cc2Cl)nc1C. The molecular formula is C16H16Cl2N2O4S. The van der Waals surface area contributed by atoms with E-state index < -0.39 is 18.0 Å². The van der Waals surface area contributed by atoms with Crippen molar-refractivity contribution in [3.8, 4) is 5.75 Å². The van der Waals surface area contributed by atoms with Crippen LogP contribution in [-0.2, 0) is 9.53 Å². The van der Waals surface area contributed by atoms with Crippen molar-refractivity contribution in [3.05, 3.63) is 38.8 Å². The Balaban J connectivity index is 2.03. The van der Waals surface area contributed by atoms with Crippen LogP contribution in [0.4, 0.5) is 5.13 Å². The quantitative estimate of drug-likeness (QED) is 0.726. The minimum atomic E-state index is -0.825. The summed E-state index contributed by atoms with van der Waals surface area (Å²) in [4.78, 5) is 28.6. The van der Waals surface area contributed by atoms with Gasteiger partial charge in [0.1, 0.15) is 10.6 Å². The number of hydrogen-bond acceptors (Lipinski definition) is 6. The number of nitrogens with one attached hydrogen (secondary N) is 1. The van der Waals surface area contributed by atoms with Crippen molar-refractivity contribution in [2.75, 3.05) is 11.9 Å². The number of benzene rings is 1. The summed E-state index contributed by atoms with van der Waals surface area (Å²) in [5, 5.41) is 3.69. The molecule has 2 aromatic rings. The van der Waals surface area contributed by atoms with Crippen LogP contribution < -0.4 is 10.1 Å². The molecule has 1 amide bonds. The number of rotatable bonds is 6.